The van der Waals surface area contributed by atoms with E-state index in [9.17, 15) is 0 Å². The van der Waals surface area contributed by atoms with E-state index in [-0.39, 0.29) is 42.1 Å². The van der Waals surface area contributed by atoms with Crippen molar-refractivity contribution in [2.75, 3.05) is 0 Å². The average Bonchev–Trinajstić information content (AvgIpc) is 3.48. The Morgan fingerprint density at radius 3 is 1.57 bits per heavy atom. The van der Waals surface area contributed by atoms with Crippen molar-refractivity contribution < 1.29 is 51.6 Å². The second-order valence-corrected chi connectivity index (χ2v) is 10.9. The summed E-state index contributed by atoms with van der Waals surface area (Å²) < 4.78 is 14.5. The number of hydrogen-bond donors (Lipinski definition) is 0. The number of aromatic nitrogens is 7. The predicted molar refractivity (Wildman–Crippen MR) is 184 cm³/mol. The Morgan fingerprint density at radius 2 is 1.02 bits per heavy atom. The molecule has 9 rings (SSSR count). The Kier molecular flexibility index (Phi) is 9.76. The molecule has 51 heavy (non-hydrogen) atoms. The van der Waals surface area contributed by atoms with Gasteiger partial charge in [0.15, 0.2) is 5.65 Å². The molecule has 11 heteroatoms. The normalized spacial score (nSPS) is 10.8. The molecule has 0 radical (unpaired) electrons. The summed E-state index contributed by atoms with van der Waals surface area (Å²) in [5.74, 6) is 2.42. The summed E-state index contributed by atoms with van der Waals surface area (Å²) in [5.41, 5.74) is 5.68. The van der Waals surface area contributed by atoms with E-state index in [1.54, 1.807) is 31.0 Å². The van der Waals surface area contributed by atoms with Crippen LogP contribution in [0.2, 0.25) is 0 Å². The molecule has 0 aliphatic heterocycles. The van der Waals surface area contributed by atoms with Crippen LogP contribution in [0.15, 0.2) is 128 Å². The van der Waals surface area contributed by atoms with Gasteiger partial charge in [-0.1, -0.05) is 47.4 Å². The van der Waals surface area contributed by atoms with Crippen LogP contribution in [0.1, 0.15) is 0 Å². The molecule has 0 bridgehead atoms. The van der Waals surface area contributed by atoms with E-state index in [2.05, 4.69) is 49.2 Å². The number of benzene rings is 4. The molecule has 5 heterocycles. The third-order valence-electron chi connectivity index (χ3n) is 7.81. The van der Waals surface area contributed by atoms with Crippen LogP contribution in [0.5, 0.6) is 23.0 Å². The van der Waals surface area contributed by atoms with E-state index >= 15 is 0 Å². The Hall–Kier alpha value is -5.62. The molecule has 0 saturated carbocycles. The Balaban J connectivity index is 0.00000203. The van der Waals surface area contributed by atoms with Crippen LogP contribution < -0.4 is 9.47 Å². The molecule has 0 N–H and O–H groups in total. The van der Waals surface area contributed by atoms with E-state index in [0.717, 1.165) is 33.3 Å². The Bertz CT molecular complexity index is 2500. The Labute approximate surface area is 321 Å². The molecule has 0 saturated heterocycles. The number of rotatable bonds is 7. The molecule has 9 nitrogen and oxygen atoms in total. The van der Waals surface area contributed by atoms with Gasteiger partial charge in [0.2, 0.25) is 5.95 Å². The van der Waals surface area contributed by atoms with Gasteiger partial charge in [-0.15, -0.1) is 71.8 Å². The zero-order valence-corrected chi connectivity index (χ0v) is 30.7. The molecule has 0 aliphatic carbocycles. The molecular weight excluding hydrogens is 1000 g/mol. The van der Waals surface area contributed by atoms with Crippen molar-refractivity contribution in [2.24, 2.45) is 0 Å². The van der Waals surface area contributed by atoms with Crippen LogP contribution in [0.25, 0.3) is 61.4 Å². The van der Waals surface area contributed by atoms with E-state index < -0.39 is 0 Å². The van der Waals surface area contributed by atoms with Crippen LogP contribution in [0, 0.1) is 24.3 Å². The van der Waals surface area contributed by atoms with Gasteiger partial charge in [-0.25, -0.2) is 15.0 Å². The van der Waals surface area contributed by atoms with Crippen molar-refractivity contribution in [3.8, 4) is 51.5 Å². The van der Waals surface area contributed by atoms with Gasteiger partial charge >= 0.3 is 42.1 Å². The fourth-order valence-electron chi connectivity index (χ4n) is 5.61. The first kappa shape index (κ1) is 33.9. The summed E-state index contributed by atoms with van der Waals surface area (Å²) in [5, 5.41) is 1.81. The van der Waals surface area contributed by atoms with E-state index in [0.29, 0.717) is 51.1 Å². The van der Waals surface area contributed by atoms with Crippen molar-refractivity contribution in [3.63, 3.8) is 0 Å². The Morgan fingerprint density at radius 1 is 0.471 bits per heavy atom. The van der Waals surface area contributed by atoms with E-state index in [1.165, 1.54) is 0 Å². The quantitative estimate of drug-likeness (QED) is 0.147. The predicted octanol–water partition coefficient (Wildman–Crippen LogP) is 8.42. The SMILES string of the molecule is [Pt+2].[Pt+2].[c-]1c(Oc2[c-]c3c(cc2)c2ccc(Oc4[c-]c(-c5ccccn5)ccc4)[c-]c2n3-c2ncc3nccnc3n2)cccc1-c1ccccn1. The van der Waals surface area contributed by atoms with Gasteiger partial charge in [0, 0.05) is 47.8 Å². The second-order valence-electron chi connectivity index (χ2n) is 10.9. The van der Waals surface area contributed by atoms with Crippen molar-refractivity contribution in [3.05, 3.63) is 152 Å². The summed E-state index contributed by atoms with van der Waals surface area (Å²) in [6.07, 6.45) is 8.37. The smallest absolute Gasteiger partial charge is 0.503 e. The maximum Gasteiger partial charge on any atom is 2.00 e. The third kappa shape index (κ3) is 6.78. The van der Waals surface area contributed by atoms with Crippen molar-refractivity contribution >= 4 is 33.0 Å². The van der Waals surface area contributed by atoms with Crippen molar-refractivity contribution in [1.29, 1.82) is 0 Å². The van der Waals surface area contributed by atoms with Crippen LogP contribution in [0.4, 0.5) is 0 Å². The molecule has 248 valence electrons. The number of ether oxygens (including phenoxy) is 2. The van der Waals surface area contributed by atoms with Gasteiger partial charge in [0.25, 0.3) is 0 Å². The molecule has 0 spiro atoms. The van der Waals surface area contributed by atoms with Crippen molar-refractivity contribution in [1.82, 2.24) is 34.5 Å². The number of nitrogens with zero attached hydrogens (tertiary/aromatic N) is 7. The molecule has 0 aliphatic rings. The second kappa shape index (κ2) is 14.7. The molecule has 0 fully saturated rings. The summed E-state index contributed by atoms with van der Waals surface area (Å²) >= 11 is 0. The molecule has 9 aromatic rings. The van der Waals surface area contributed by atoms with Gasteiger partial charge < -0.3 is 24.0 Å². The van der Waals surface area contributed by atoms with Gasteiger partial charge in [-0.2, -0.15) is 27.9 Å². The largest absolute Gasteiger partial charge is 2.00 e. The summed E-state index contributed by atoms with van der Waals surface area (Å²) in [6.45, 7) is 0. The first-order valence-electron chi connectivity index (χ1n) is 15.4. The fraction of sp³-hybridized carbons (Fsp3) is 0. The van der Waals surface area contributed by atoms with Crippen LogP contribution in [0.3, 0.4) is 0 Å². The fourth-order valence-corrected chi connectivity index (χ4v) is 5.61. The van der Waals surface area contributed by atoms with E-state index in [4.69, 9.17) is 14.5 Å². The molecule has 0 atom stereocenters. The minimum atomic E-state index is 0. The van der Waals surface area contributed by atoms with Crippen LogP contribution in [-0.2, 0) is 42.1 Å². The number of fused-ring (bicyclic) bond motifs is 4. The maximum absolute atomic E-state index is 6.30. The first-order chi connectivity index (χ1) is 24.2. The molecule has 0 unspecified atom stereocenters. The molecule has 0 amide bonds. The van der Waals surface area contributed by atoms with E-state index in [1.807, 2.05) is 102 Å². The minimum absolute atomic E-state index is 0. The molecule has 4 aromatic carbocycles. The van der Waals surface area contributed by atoms with Crippen LogP contribution >= 0.6 is 0 Å². The van der Waals surface area contributed by atoms with Gasteiger partial charge in [-0.05, 0) is 23.5 Å². The van der Waals surface area contributed by atoms with Gasteiger partial charge in [0.05, 0.1) is 6.20 Å². The first-order valence-corrected chi connectivity index (χ1v) is 15.4. The third-order valence-corrected chi connectivity index (χ3v) is 7.81. The summed E-state index contributed by atoms with van der Waals surface area (Å²) in [7, 11) is 0. The topological polar surface area (TPSA) is 101 Å². The summed E-state index contributed by atoms with van der Waals surface area (Å²) in [6, 6.07) is 44.2. The summed E-state index contributed by atoms with van der Waals surface area (Å²) in [4.78, 5) is 27.1. The molecular formula is C40H21N7O2Pt2. The van der Waals surface area contributed by atoms with Crippen molar-refractivity contribution in [2.45, 2.75) is 0 Å². The standard InChI is InChI=1S/C40H21N7O2.2Pt/c1-3-17-41-34(11-1)26-7-5-9-28(21-26)48-30-13-15-32-33-16-14-31(49-29-10-6-8-27(22-29)35-12-2-4-18-42-35)24-38(33)47(37(32)23-30)40-45-25-36-39(46-40)44-20-19-43-36;;/h1-20,25H;;/q-4;2*+2. The average molecular weight is 1020 g/mol. The monoisotopic (exact) mass is 1020 g/mol. The number of hydrogen-bond acceptors (Lipinski definition) is 8. The van der Waals surface area contributed by atoms with Crippen LogP contribution in [-0.4, -0.2) is 34.5 Å². The maximum atomic E-state index is 6.30. The van der Waals surface area contributed by atoms with Gasteiger partial charge in [-0.3, -0.25) is 0 Å². The zero-order chi connectivity index (χ0) is 32.6. The molecule has 5 aromatic heterocycles. The zero-order valence-electron chi connectivity index (χ0n) is 26.2. The number of pyridine rings is 2. The minimum Gasteiger partial charge on any atom is -0.503 e. The van der Waals surface area contributed by atoms with Gasteiger partial charge in [0.1, 0.15) is 5.52 Å².